The second kappa shape index (κ2) is 7.31. The lowest BCUT2D eigenvalue weighted by atomic mass is 10.0. The monoisotopic (exact) mass is 298 g/mol. The van der Waals surface area contributed by atoms with Gasteiger partial charge in [-0.1, -0.05) is 19.1 Å². The minimum atomic E-state index is -2.79. The lowest BCUT2D eigenvalue weighted by molar-refractivity contribution is -0.0498. The topological polar surface area (TPSA) is 34.2 Å². The van der Waals surface area contributed by atoms with E-state index in [9.17, 15) is 8.78 Å². The Kier molecular flexibility index (Phi) is 5.43. The molecule has 2 aromatic rings. The number of nitrogens with zero attached hydrogens (tertiary/aromatic N) is 1. The van der Waals surface area contributed by atoms with E-state index in [0.29, 0.717) is 6.54 Å². The third kappa shape index (κ3) is 4.25. The molecule has 0 aliphatic heterocycles. The Hall–Kier alpha value is -1.53. The van der Waals surface area contributed by atoms with E-state index in [1.54, 1.807) is 41.1 Å². The average Bonchev–Trinajstić information content (AvgIpc) is 2.94. The van der Waals surface area contributed by atoms with Crippen molar-refractivity contribution in [2.45, 2.75) is 32.5 Å². The molecule has 0 aliphatic rings. The van der Waals surface area contributed by atoms with Crippen LogP contribution in [0.15, 0.2) is 35.2 Å². The zero-order valence-corrected chi connectivity index (χ0v) is 11.9. The van der Waals surface area contributed by atoms with Gasteiger partial charge in [-0.3, -0.25) is 0 Å². The standard InChI is InChI=1S/C14H16F2N2OS/c1-2-13(17-7-11-8-20-9-18-11)10-3-5-12(6-4-10)19-14(15)16/h3-6,8-9,13-14,17H,2,7H2,1H3/t13-/m0/s1. The van der Waals surface area contributed by atoms with Gasteiger partial charge in [0.1, 0.15) is 5.75 Å². The molecule has 0 radical (unpaired) electrons. The predicted octanol–water partition coefficient (Wildman–Crippen LogP) is 3.99. The van der Waals surface area contributed by atoms with E-state index >= 15 is 0 Å². The van der Waals surface area contributed by atoms with Crippen LogP contribution in [-0.2, 0) is 6.54 Å². The summed E-state index contributed by atoms with van der Waals surface area (Å²) in [5, 5.41) is 5.40. The molecule has 20 heavy (non-hydrogen) atoms. The maximum atomic E-state index is 12.1. The molecule has 1 heterocycles. The first-order chi connectivity index (χ1) is 9.69. The van der Waals surface area contributed by atoms with Crippen molar-refractivity contribution in [3.63, 3.8) is 0 Å². The van der Waals surface area contributed by atoms with Crippen molar-refractivity contribution >= 4 is 11.3 Å². The van der Waals surface area contributed by atoms with Crippen molar-refractivity contribution in [3.05, 3.63) is 46.4 Å². The predicted molar refractivity (Wildman–Crippen MR) is 75.1 cm³/mol. The highest BCUT2D eigenvalue weighted by Crippen LogP contribution is 2.21. The number of halogens is 2. The Morgan fingerprint density at radius 1 is 1.30 bits per heavy atom. The third-order valence-corrected chi connectivity index (χ3v) is 3.56. The van der Waals surface area contributed by atoms with Gasteiger partial charge >= 0.3 is 6.61 Å². The van der Waals surface area contributed by atoms with Crippen LogP contribution in [0.5, 0.6) is 5.75 Å². The number of hydrogen-bond donors (Lipinski definition) is 1. The number of nitrogens with one attached hydrogen (secondary N) is 1. The summed E-state index contributed by atoms with van der Waals surface area (Å²) < 4.78 is 28.5. The minimum Gasteiger partial charge on any atom is -0.435 e. The molecule has 1 aromatic heterocycles. The lowest BCUT2D eigenvalue weighted by Crippen LogP contribution is -2.20. The molecule has 0 aliphatic carbocycles. The third-order valence-electron chi connectivity index (χ3n) is 2.93. The van der Waals surface area contributed by atoms with Crippen LogP contribution in [0.2, 0.25) is 0 Å². The molecule has 0 spiro atoms. The smallest absolute Gasteiger partial charge is 0.387 e. The van der Waals surface area contributed by atoms with Crippen LogP contribution in [0.25, 0.3) is 0 Å². The Morgan fingerprint density at radius 2 is 2.05 bits per heavy atom. The summed E-state index contributed by atoms with van der Waals surface area (Å²) in [6, 6.07) is 6.90. The van der Waals surface area contributed by atoms with Crippen LogP contribution in [0.3, 0.4) is 0 Å². The highest BCUT2D eigenvalue weighted by molar-refractivity contribution is 7.07. The molecular formula is C14H16F2N2OS. The van der Waals surface area contributed by atoms with Gasteiger partial charge in [0.15, 0.2) is 0 Å². The molecule has 0 amide bonds. The zero-order valence-electron chi connectivity index (χ0n) is 11.1. The quantitative estimate of drug-likeness (QED) is 0.839. The van der Waals surface area contributed by atoms with Gasteiger partial charge in [-0.15, -0.1) is 11.3 Å². The molecule has 1 aromatic carbocycles. The molecule has 6 heteroatoms. The minimum absolute atomic E-state index is 0.164. The Balaban J connectivity index is 1.96. The van der Waals surface area contributed by atoms with Gasteiger partial charge in [0.05, 0.1) is 11.2 Å². The van der Waals surface area contributed by atoms with Crippen LogP contribution in [0.4, 0.5) is 8.78 Å². The van der Waals surface area contributed by atoms with Gasteiger partial charge in [0.2, 0.25) is 0 Å². The number of rotatable bonds is 7. The lowest BCUT2D eigenvalue weighted by Gasteiger charge is -2.17. The van der Waals surface area contributed by atoms with Gasteiger partial charge in [-0.05, 0) is 24.1 Å². The van der Waals surface area contributed by atoms with Gasteiger partial charge < -0.3 is 10.1 Å². The van der Waals surface area contributed by atoms with Crippen LogP contribution in [0, 0.1) is 0 Å². The van der Waals surface area contributed by atoms with Crippen LogP contribution in [0.1, 0.15) is 30.6 Å². The number of benzene rings is 1. The second-order valence-electron chi connectivity index (χ2n) is 4.27. The molecule has 108 valence electrons. The van der Waals surface area contributed by atoms with E-state index in [4.69, 9.17) is 0 Å². The number of thiazole rings is 1. The van der Waals surface area contributed by atoms with Crippen molar-refractivity contribution in [2.24, 2.45) is 0 Å². The number of ether oxygens (including phenoxy) is 1. The largest absolute Gasteiger partial charge is 0.435 e. The molecule has 0 fully saturated rings. The summed E-state index contributed by atoms with van der Waals surface area (Å²) in [5.74, 6) is 0.179. The number of alkyl halides is 2. The van der Waals surface area contributed by atoms with Gasteiger partial charge in [0.25, 0.3) is 0 Å². The van der Waals surface area contributed by atoms with Crippen LogP contribution in [-0.4, -0.2) is 11.6 Å². The Morgan fingerprint density at radius 3 is 2.60 bits per heavy atom. The summed E-state index contributed by atoms with van der Waals surface area (Å²) in [4.78, 5) is 4.22. The average molecular weight is 298 g/mol. The van der Waals surface area contributed by atoms with Crippen molar-refractivity contribution < 1.29 is 13.5 Å². The first-order valence-corrected chi connectivity index (χ1v) is 7.28. The zero-order chi connectivity index (χ0) is 14.4. The van der Waals surface area contributed by atoms with Crippen molar-refractivity contribution in [2.75, 3.05) is 0 Å². The van der Waals surface area contributed by atoms with E-state index in [0.717, 1.165) is 17.7 Å². The molecule has 1 atom stereocenters. The summed E-state index contributed by atoms with van der Waals surface area (Å²) in [6.07, 6.45) is 0.902. The fourth-order valence-electron chi connectivity index (χ4n) is 1.93. The summed E-state index contributed by atoms with van der Waals surface area (Å²) in [5.41, 5.74) is 3.85. The van der Waals surface area contributed by atoms with Crippen LogP contribution >= 0.6 is 11.3 Å². The van der Waals surface area contributed by atoms with Crippen molar-refractivity contribution in [1.29, 1.82) is 0 Å². The highest BCUT2D eigenvalue weighted by atomic mass is 32.1. The maximum Gasteiger partial charge on any atom is 0.387 e. The summed E-state index contributed by atoms with van der Waals surface area (Å²) in [6.45, 7) is -0.0230. The molecule has 0 unspecified atom stereocenters. The van der Waals surface area contributed by atoms with E-state index in [2.05, 4.69) is 22.0 Å². The molecule has 1 N–H and O–H groups in total. The molecule has 3 nitrogen and oxygen atoms in total. The van der Waals surface area contributed by atoms with E-state index in [-0.39, 0.29) is 11.8 Å². The van der Waals surface area contributed by atoms with Gasteiger partial charge in [0, 0.05) is 18.0 Å². The highest BCUT2D eigenvalue weighted by Gasteiger charge is 2.10. The number of hydrogen-bond acceptors (Lipinski definition) is 4. The second-order valence-corrected chi connectivity index (χ2v) is 4.99. The molecule has 0 saturated heterocycles. The molecule has 2 rings (SSSR count). The number of aromatic nitrogens is 1. The summed E-state index contributed by atoms with van der Waals surface area (Å²) >= 11 is 1.56. The maximum absolute atomic E-state index is 12.1. The van der Waals surface area contributed by atoms with Gasteiger partial charge in [-0.25, -0.2) is 4.98 Å². The molecule has 0 saturated carbocycles. The SMILES string of the molecule is CC[C@H](NCc1cscn1)c1ccc(OC(F)F)cc1. The van der Waals surface area contributed by atoms with Crippen molar-refractivity contribution in [3.8, 4) is 5.75 Å². The van der Waals surface area contributed by atoms with Crippen LogP contribution < -0.4 is 10.1 Å². The fourth-order valence-corrected chi connectivity index (χ4v) is 2.49. The van der Waals surface area contributed by atoms with E-state index in [1.807, 2.05) is 5.38 Å². The summed E-state index contributed by atoms with van der Waals surface area (Å²) in [7, 11) is 0. The molecule has 0 bridgehead atoms. The molecular weight excluding hydrogens is 282 g/mol. The first kappa shape index (κ1) is 14.9. The van der Waals surface area contributed by atoms with E-state index in [1.165, 1.54) is 0 Å². The Labute approximate surface area is 120 Å². The fraction of sp³-hybridized carbons (Fsp3) is 0.357. The normalized spacial score (nSPS) is 12.6. The van der Waals surface area contributed by atoms with E-state index < -0.39 is 6.61 Å². The van der Waals surface area contributed by atoms with Gasteiger partial charge in [-0.2, -0.15) is 8.78 Å². The first-order valence-electron chi connectivity index (χ1n) is 6.34. The van der Waals surface area contributed by atoms with Crippen molar-refractivity contribution in [1.82, 2.24) is 10.3 Å². The Bertz CT molecular complexity index is 502.